The summed E-state index contributed by atoms with van der Waals surface area (Å²) in [4.78, 5) is 21.6. The number of benzene rings is 1. The monoisotopic (exact) mass is 352 g/mol. The van der Waals surface area contributed by atoms with E-state index in [4.69, 9.17) is 0 Å². The van der Waals surface area contributed by atoms with Crippen molar-refractivity contribution in [2.24, 2.45) is 0 Å². The van der Waals surface area contributed by atoms with Crippen LogP contribution in [0.1, 0.15) is 35.7 Å². The van der Waals surface area contributed by atoms with E-state index < -0.39 is 0 Å². The maximum Gasteiger partial charge on any atom is 0.255 e. The van der Waals surface area contributed by atoms with Gasteiger partial charge in [0.25, 0.3) is 5.91 Å². The van der Waals surface area contributed by atoms with Crippen molar-refractivity contribution in [1.82, 2.24) is 10.3 Å². The average Bonchev–Trinajstić information content (AvgIpc) is 3.19. The van der Waals surface area contributed by atoms with Gasteiger partial charge in [-0.15, -0.1) is 0 Å². The summed E-state index contributed by atoms with van der Waals surface area (Å²) in [6, 6.07) is 12.2. The standard InChI is InChI=1S/C21H28N4O/c1-3-24(18-9-6-8-17(2)16-18)15-12-23-21(26)19-10-7-11-22-20(19)25-13-4-5-14-25/h6-11,16H,3-5,12-15H2,1-2H3,(H,23,26). The molecule has 0 unspecified atom stereocenters. The lowest BCUT2D eigenvalue weighted by molar-refractivity contribution is 0.0955. The summed E-state index contributed by atoms with van der Waals surface area (Å²) in [7, 11) is 0. The molecule has 0 aliphatic carbocycles. The van der Waals surface area contributed by atoms with Gasteiger partial charge in [0.2, 0.25) is 0 Å². The van der Waals surface area contributed by atoms with Crippen molar-refractivity contribution >= 4 is 17.4 Å². The van der Waals surface area contributed by atoms with Gasteiger partial charge in [-0.2, -0.15) is 0 Å². The normalized spacial score (nSPS) is 13.7. The Bertz CT molecular complexity index is 740. The Labute approximate surface area is 156 Å². The minimum atomic E-state index is -0.0414. The molecule has 1 amide bonds. The molecule has 3 rings (SSSR count). The highest BCUT2D eigenvalue weighted by molar-refractivity contribution is 5.98. The third-order valence-corrected chi connectivity index (χ3v) is 4.85. The molecule has 1 aromatic heterocycles. The van der Waals surface area contributed by atoms with E-state index in [1.54, 1.807) is 6.20 Å². The van der Waals surface area contributed by atoms with E-state index in [-0.39, 0.29) is 5.91 Å². The Morgan fingerprint density at radius 3 is 2.77 bits per heavy atom. The molecule has 0 bridgehead atoms. The largest absolute Gasteiger partial charge is 0.370 e. The fourth-order valence-corrected chi connectivity index (χ4v) is 3.45. The molecule has 5 nitrogen and oxygen atoms in total. The zero-order valence-corrected chi connectivity index (χ0v) is 15.7. The van der Waals surface area contributed by atoms with E-state index in [1.807, 2.05) is 12.1 Å². The van der Waals surface area contributed by atoms with E-state index in [0.717, 1.165) is 32.0 Å². The highest BCUT2D eigenvalue weighted by Crippen LogP contribution is 2.21. The van der Waals surface area contributed by atoms with Gasteiger partial charge in [0, 0.05) is 44.6 Å². The number of likely N-dealkylation sites (N-methyl/N-ethyl adjacent to an activating group) is 1. The number of nitrogens with zero attached hydrogens (tertiary/aromatic N) is 3. The number of hydrogen-bond acceptors (Lipinski definition) is 4. The lowest BCUT2D eigenvalue weighted by Gasteiger charge is -2.24. The minimum absolute atomic E-state index is 0.0414. The van der Waals surface area contributed by atoms with Crippen LogP contribution in [0.3, 0.4) is 0 Å². The number of aryl methyl sites for hydroxylation is 1. The number of anilines is 2. The SMILES string of the molecule is CCN(CCNC(=O)c1cccnc1N1CCCC1)c1cccc(C)c1. The van der Waals surface area contributed by atoms with E-state index in [9.17, 15) is 4.79 Å². The van der Waals surface area contributed by atoms with Crippen molar-refractivity contribution in [3.05, 3.63) is 53.7 Å². The van der Waals surface area contributed by atoms with E-state index in [0.29, 0.717) is 12.1 Å². The maximum absolute atomic E-state index is 12.7. The smallest absolute Gasteiger partial charge is 0.255 e. The first kappa shape index (κ1) is 18.2. The second-order valence-electron chi connectivity index (χ2n) is 6.74. The molecular weight excluding hydrogens is 324 g/mol. The Hall–Kier alpha value is -2.56. The molecule has 1 fully saturated rings. The summed E-state index contributed by atoms with van der Waals surface area (Å²) < 4.78 is 0. The van der Waals surface area contributed by atoms with Gasteiger partial charge >= 0.3 is 0 Å². The van der Waals surface area contributed by atoms with Crippen LogP contribution in [0, 0.1) is 6.92 Å². The molecule has 1 aliphatic heterocycles. The number of carbonyl (C=O) groups excluding carboxylic acids is 1. The second kappa shape index (κ2) is 8.70. The van der Waals surface area contributed by atoms with E-state index in [1.165, 1.54) is 24.1 Å². The molecule has 1 aliphatic rings. The van der Waals surface area contributed by atoms with Gasteiger partial charge in [0.05, 0.1) is 5.56 Å². The summed E-state index contributed by atoms with van der Waals surface area (Å²) in [5.41, 5.74) is 3.12. The second-order valence-corrected chi connectivity index (χ2v) is 6.74. The summed E-state index contributed by atoms with van der Waals surface area (Å²) in [6.07, 6.45) is 4.10. The van der Waals surface area contributed by atoms with Gasteiger partial charge in [-0.05, 0) is 56.5 Å². The minimum Gasteiger partial charge on any atom is -0.370 e. The van der Waals surface area contributed by atoms with Crippen LogP contribution >= 0.6 is 0 Å². The topological polar surface area (TPSA) is 48.5 Å². The molecule has 0 saturated carbocycles. The molecule has 0 atom stereocenters. The van der Waals surface area contributed by atoms with Gasteiger partial charge in [0.1, 0.15) is 5.82 Å². The van der Waals surface area contributed by atoms with Crippen LogP contribution in [0.5, 0.6) is 0 Å². The molecule has 1 N–H and O–H groups in total. The van der Waals surface area contributed by atoms with Gasteiger partial charge in [-0.1, -0.05) is 12.1 Å². The fraction of sp³-hybridized carbons (Fsp3) is 0.429. The van der Waals surface area contributed by atoms with Gasteiger partial charge < -0.3 is 15.1 Å². The highest BCUT2D eigenvalue weighted by Gasteiger charge is 2.20. The first-order chi connectivity index (χ1) is 12.7. The third-order valence-electron chi connectivity index (χ3n) is 4.85. The Morgan fingerprint density at radius 1 is 1.23 bits per heavy atom. The lowest BCUT2D eigenvalue weighted by Crippen LogP contribution is -2.35. The van der Waals surface area contributed by atoms with Crippen LogP contribution in [0.25, 0.3) is 0 Å². The van der Waals surface area contributed by atoms with Crippen molar-refractivity contribution < 1.29 is 4.79 Å². The Balaban J connectivity index is 1.60. The van der Waals surface area contributed by atoms with E-state index >= 15 is 0 Å². The van der Waals surface area contributed by atoms with Crippen LogP contribution in [0.2, 0.25) is 0 Å². The van der Waals surface area contributed by atoms with Gasteiger partial charge in [-0.3, -0.25) is 4.79 Å². The van der Waals surface area contributed by atoms with Crippen LogP contribution in [0.4, 0.5) is 11.5 Å². The van der Waals surface area contributed by atoms with Crippen LogP contribution in [0.15, 0.2) is 42.6 Å². The first-order valence-electron chi connectivity index (χ1n) is 9.49. The highest BCUT2D eigenvalue weighted by atomic mass is 16.1. The molecule has 0 spiro atoms. The number of amides is 1. The predicted molar refractivity (Wildman–Crippen MR) is 107 cm³/mol. The third kappa shape index (κ3) is 4.34. The lowest BCUT2D eigenvalue weighted by atomic mass is 10.2. The molecule has 1 aromatic carbocycles. The van der Waals surface area contributed by atoms with E-state index in [2.05, 4.69) is 58.2 Å². The molecular formula is C21H28N4O. The number of nitrogens with one attached hydrogen (secondary N) is 1. The van der Waals surface area contributed by atoms with Crippen LogP contribution < -0.4 is 15.1 Å². The molecule has 138 valence electrons. The molecule has 1 saturated heterocycles. The quantitative estimate of drug-likeness (QED) is 0.831. The zero-order chi connectivity index (χ0) is 18.4. The number of hydrogen-bond donors (Lipinski definition) is 1. The zero-order valence-electron chi connectivity index (χ0n) is 15.7. The number of carbonyl (C=O) groups is 1. The molecule has 26 heavy (non-hydrogen) atoms. The molecule has 5 heteroatoms. The summed E-state index contributed by atoms with van der Waals surface area (Å²) in [5.74, 6) is 0.772. The summed E-state index contributed by atoms with van der Waals surface area (Å²) in [5, 5.41) is 3.06. The summed E-state index contributed by atoms with van der Waals surface area (Å²) in [6.45, 7) is 8.49. The number of pyridine rings is 1. The predicted octanol–water partition coefficient (Wildman–Crippen LogP) is 3.25. The van der Waals surface area contributed by atoms with Crippen molar-refractivity contribution in [1.29, 1.82) is 0 Å². The van der Waals surface area contributed by atoms with Gasteiger partial charge in [-0.25, -0.2) is 4.98 Å². The number of rotatable bonds is 7. The average molecular weight is 352 g/mol. The maximum atomic E-state index is 12.7. The van der Waals surface area contributed by atoms with Crippen molar-refractivity contribution in [3.8, 4) is 0 Å². The fourth-order valence-electron chi connectivity index (χ4n) is 3.45. The molecule has 0 radical (unpaired) electrons. The van der Waals surface area contributed by atoms with Crippen molar-refractivity contribution in [3.63, 3.8) is 0 Å². The Morgan fingerprint density at radius 2 is 2.04 bits per heavy atom. The van der Waals surface area contributed by atoms with Crippen LogP contribution in [-0.2, 0) is 0 Å². The Kier molecular flexibility index (Phi) is 6.10. The number of aromatic nitrogens is 1. The molecule has 2 aromatic rings. The van der Waals surface area contributed by atoms with Crippen LogP contribution in [-0.4, -0.2) is 43.6 Å². The van der Waals surface area contributed by atoms with Gasteiger partial charge in [0.15, 0.2) is 0 Å². The molecule has 2 heterocycles. The summed E-state index contributed by atoms with van der Waals surface area (Å²) >= 11 is 0. The van der Waals surface area contributed by atoms with Crippen molar-refractivity contribution in [2.75, 3.05) is 42.5 Å². The first-order valence-corrected chi connectivity index (χ1v) is 9.49. The van der Waals surface area contributed by atoms with Crippen molar-refractivity contribution in [2.45, 2.75) is 26.7 Å².